The molecule has 0 bridgehead atoms. The number of nitrogens with one attached hydrogen (secondary N) is 1. The highest BCUT2D eigenvalue weighted by molar-refractivity contribution is 5.96. The Hall–Kier alpha value is -3.82. The number of pyridine rings is 1. The van der Waals surface area contributed by atoms with Crippen LogP contribution in [-0.2, 0) is 4.74 Å². The van der Waals surface area contributed by atoms with E-state index in [0.29, 0.717) is 11.3 Å². The number of morpholine rings is 1. The van der Waals surface area contributed by atoms with Gasteiger partial charge in [0.15, 0.2) is 0 Å². The van der Waals surface area contributed by atoms with Crippen LogP contribution in [0.5, 0.6) is 0 Å². The van der Waals surface area contributed by atoms with Crippen molar-refractivity contribution >= 4 is 22.4 Å². The first-order valence-electron chi connectivity index (χ1n) is 10.9. The van der Waals surface area contributed by atoms with Crippen LogP contribution in [0.3, 0.4) is 0 Å². The summed E-state index contributed by atoms with van der Waals surface area (Å²) in [7, 11) is 0. The topological polar surface area (TPSA) is 91.0 Å². The standard InChI is InChI=1S/C24H21N5O.C2H6/c25-15-18-13-17(3-6-22(18)26)20-7-8-27-24-21(20)14-23(28-24)16-1-4-19(5-2-16)29-9-11-30-12-10-29;1-2/h1-8,13-14H,9-12,26H2,(H,27,28);1-2H3. The molecule has 3 heterocycles. The molecule has 162 valence electrons. The van der Waals surface area contributed by atoms with E-state index in [0.717, 1.165) is 59.7 Å². The van der Waals surface area contributed by atoms with Crippen LogP contribution in [-0.4, -0.2) is 36.3 Å². The zero-order valence-corrected chi connectivity index (χ0v) is 18.4. The third-order valence-electron chi connectivity index (χ3n) is 5.57. The number of H-pyrrole nitrogens is 1. The number of anilines is 2. The number of aromatic nitrogens is 2. The van der Waals surface area contributed by atoms with Gasteiger partial charge in [0.25, 0.3) is 0 Å². The van der Waals surface area contributed by atoms with Gasteiger partial charge in [-0.05, 0) is 53.1 Å². The second-order valence-corrected chi connectivity index (χ2v) is 7.36. The van der Waals surface area contributed by atoms with Gasteiger partial charge < -0.3 is 20.4 Å². The average Bonchev–Trinajstić information content (AvgIpc) is 3.31. The molecule has 3 N–H and O–H groups in total. The van der Waals surface area contributed by atoms with E-state index < -0.39 is 0 Å². The third kappa shape index (κ3) is 4.16. The van der Waals surface area contributed by atoms with E-state index in [1.54, 1.807) is 12.3 Å². The minimum absolute atomic E-state index is 0.479. The Bertz CT molecular complexity index is 1250. The molecule has 0 atom stereocenters. The Morgan fingerprint density at radius 1 is 1.00 bits per heavy atom. The number of aromatic amines is 1. The lowest BCUT2D eigenvalue weighted by Gasteiger charge is -2.28. The molecule has 0 spiro atoms. The molecular formula is C26H27N5O. The fraction of sp³-hybridized carbons (Fsp3) is 0.231. The van der Waals surface area contributed by atoms with E-state index in [4.69, 9.17) is 10.5 Å². The molecule has 6 nitrogen and oxygen atoms in total. The molecule has 1 aliphatic heterocycles. The van der Waals surface area contributed by atoms with E-state index in [9.17, 15) is 5.26 Å². The Kier molecular flexibility index (Phi) is 6.39. The zero-order valence-electron chi connectivity index (χ0n) is 18.4. The molecule has 0 saturated carbocycles. The van der Waals surface area contributed by atoms with Gasteiger partial charge in [0.05, 0.1) is 18.8 Å². The molecule has 0 amide bonds. The number of nitrogens with zero attached hydrogens (tertiary/aromatic N) is 3. The number of nitrogen functional groups attached to an aromatic ring is 1. The summed E-state index contributed by atoms with van der Waals surface area (Å²) < 4.78 is 5.44. The molecular weight excluding hydrogens is 398 g/mol. The normalized spacial score (nSPS) is 13.3. The number of benzene rings is 2. The van der Waals surface area contributed by atoms with Crippen LogP contribution in [0.4, 0.5) is 11.4 Å². The summed E-state index contributed by atoms with van der Waals surface area (Å²) in [4.78, 5) is 10.3. The monoisotopic (exact) mass is 425 g/mol. The largest absolute Gasteiger partial charge is 0.398 e. The van der Waals surface area contributed by atoms with Gasteiger partial charge in [-0.2, -0.15) is 5.26 Å². The van der Waals surface area contributed by atoms with Crippen molar-refractivity contribution in [1.82, 2.24) is 9.97 Å². The first kappa shape index (κ1) is 21.4. The summed E-state index contributed by atoms with van der Waals surface area (Å²) >= 11 is 0. The summed E-state index contributed by atoms with van der Waals surface area (Å²) in [6.07, 6.45) is 1.78. The van der Waals surface area contributed by atoms with Crippen molar-refractivity contribution in [3.05, 3.63) is 66.4 Å². The predicted molar refractivity (Wildman–Crippen MR) is 130 cm³/mol. The molecule has 6 heteroatoms. The van der Waals surface area contributed by atoms with Crippen molar-refractivity contribution in [1.29, 1.82) is 5.26 Å². The molecule has 0 aliphatic carbocycles. The maximum absolute atomic E-state index is 9.31. The molecule has 0 radical (unpaired) electrons. The molecule has 4 aromatic rings. The summed E-state index contributed by atoms with van der Waals surface area (Å²) in [6.45, 7) is 7.39. The Morgan fingerprint density at radius 2 is 1.72 bits per heavy atom. The number of hydrogen-bond donors (Lipinski definition) is 2. The van der Waals surface area contributed by atoms with Gasteiger partial charge in [-0.25, -0.2) is 4.98 Å². The van der Waals surface area contributed by atoms with Crippen molar-refractivity contribution in [3.8, 4) is 28.5 Å². The van der Waals surface area contributed by atoms with Crippen molar-refractivity contribution < 1.29 is 4.74 Å². The molecule has 1 fully saturated rings. The van der Waals surface area contributed by atoms with Crippen LogP contribution in [0.2, 0.25) is 0 Å². The smallest absolute Gasteiger partial charge is 0.138 e. The number of rotatable bonds is 3. The molecule has 2 aromatic carbocycles. The zero-order chi connectivity index (χ0) is 22.5. The van der Waals surface area contributed by atoms with Crippen LogP contribution in [0.25, 0.3) is 33.4 Å². The van der Waals surface area contributed by atoms with E-state index in [1.807, 2.05) is 32.0 Å². The SMILES string of the molecule is CC.N#Cc1cc(-c2ccnc3[nH]c(-c4ccc(N5CCOCC5)cc4)cc23)ccc1N. The highest BCUT2D eigenvalue weighted by Gasteiger charge is 2.13. The first-order chi connectivity index (χ1) is 15.7. The fourth-order valence-electron chi connectivity index (χ4n) is 3.93. The lowest BCUT2D eigenvalue weighted by molar-refractivity contribution is 0.122. The van der Waals surface area contributed by atoms with Gasteiger partial charge >= 0.3 is 0 Å². The number of ether oxygens (including phenoxy) is 1. The maximum atomic E-state index is 9.31. The van der Waals surface area contributed by atoms with Crippen LogP contribution < -0.4 is 10.6 Å². The van der Waals surface area contributed by atoms with Crippen molar-refractivity contribution in [2.75, 3.05) is 36.9 Å². The van der Waals surface area contributed by atoms with Crippen LogP contribution in [0.1, 0.15) is 19.4 Å². The Balaban J connectivity index is 0.00000119. The third-order valence-corrected chi connectivity index (χ3v) is 5.57. The first-order valence-corrected chi connectivity index (χ1v) is 10.9. The van der Waals surface area contributed by atoms with Gasteiger partial charge in [-0.1, -0.05) is 32.0 Å². The number of hydrogen-bond acceptors (Lipinski definition) is 5. The summed E-state index contributed by atoms with van der Waals surface area (Å²) in [6, 6.07) is 20.3. The van der Waals surface area contributed by atoms with E-state index in [2.05, 4.69) is 51.3 Å². The lowest BCUT2D eigenvalue weighted by Crippen LogP contribution is -2.36. The predicted octanol–water partition coefficient (Wildman–Crippen LogP) is 5.21. The number of nitriles is 1. The van der Waals surface area contributed by atoms with Crippen molar-refractivity contribution in [2.45, 2.75) is 13.8 Å². The second-order valence-electron chi connectivity index (χ2n) is 7.36. The quantitative estimate of drug-likeness (QED) is 0.440. The van der Waals surface area contributed by atoms with Crippen LogP contribution in [0.15, 0.2) is 60.8 Å². The summed E-state index contributed by atoms with van der Waals surface area (Å²) in [5, 5.41) is 10.3. The molecule has 1 aliphatic rings. The lowest BCUT2D eigenvalue weighted by atomic mass is 10.0. The second kappa shape index (κ2) is 9.54. The highest BCUT2D eigenvalue weighted by atomic mass is 16.5. The highest BCUT2D eigenvalue weighted by Crippen LogP contribution is 2.33. The van der Waals surface area contributed by atoms with Gasteiger partial charge in [-0.3, -0.25) is 0 Å². The van der Waals surface area contributed by atoms with Crippen molar-refractivity contribution in [2.24, 2.45) is 0 Å². The van der Waals surface area contributed by atoms with Crippen LogP contribution >= 0.6 is 0 Å². The number of fused-ring (bicyclic) bond motifs is 1. The molecule has 2 aromatic heterocycles. The Morgan fingerprint density at radius 3 is 2.44 bits per heavy atom. The Labute approximate surface area is 188 Å². The fourth-order valence-corrected chi connectivity index (χ4v) is 3.93. The molecule has 1 saturated heterocycles. The summed E-state index contributed by atoms with van der Waals surface area (Å²) in [5.74, 6) is 0. The summed E-state index contributed by atoms with van der Waals surface area (Å²) in [5.41, 5.74) is 13.0. The van der Waals surface area contributed by atoms with Gasteiger partial charge in [0, 0.05) is 41.7 Å². The van der Waals surface area contributed by atoms with Gasteiger partial charge in [-0.15, -0.1) is 0 Å². The van der Waals surface area contributed by atoms with E-state index >= 15 is 0 Å². The number of nitrogens with two attached hydrogens (primary N) is 1. The van der Waals surface area contributed by atoms with Gasteiger partial charge in [0.1, 0.15) is 11.7 Å². The van der Waals surface area contributed by atoms with E-state index in [-0.39, 0.29) is 0 Å². The van der Waals surface area contributed by atoms with E-state index in [1.165, 1.54) is 5.69 Å². The van der Waals surface area contributed by atoms with Gasteiger partial charge in [0.2, 0.25) is 0 Å². The minimum atomic E-state index is 0.479. The maximum Gasteiger partial charge on any atom is 0.138 e. The minimum Gasteiger partial charge on any atom is -0.398 e. The van der Waals surface area contributed by atoms with Crippen molar-refractivity contribution in [3.63, 3.8) is 0 Å². The molecule has 0 unspecified atom stereocenters. The van der Waals surface area contributed by atoms with Crippen LogP contribution in [0, 0.1) is 11.3 Å². The molecule has 32 heavy (non-hydrogen) atoms. The molecule has 5 rings (SSSR count). The average molecular weight is 426 g/mol.